The number of aromatic nitrogens is 3. The van der Waals surface area contributed by atoms with Gasteiger partial charge in [0.15, 0.2) is 0 Å². The highest BCUT2D eigenvalue weighted by Crippen LogP contribution is 2.39. The standard InChI is InChI=1S/C17H20N4O3/c1-11-8-20(4-5-24-11)16-7-18-13(17(22)23)6-15(16)21-9-14(19-10-21)12-2-3-12/h6-7,9-12H,2-5,8H2,1H3,(H,22,23). The van der Waals surface area contributed by atoms with Gasteiger partial charge in [-0.25, -0.2) is 14.8 Å². The molecule has 1 atom stereocenters. The molecule has 3 heterocycles. The van der Waals surface area contributed by atoms with Crippen molar-refractivity contribution in [2.75, 3.05) is 24.6 Å². The summed E-state index contributed by atoms with van der Waals surface area (Å²) in [5.41, 5.74) is 2.83. The zero-order valence-electron chi connectivity index (χ0n) is 13.6. The zero-order chi connectivity index (χ0) is 16.7. The summed E-state index contributed by atoms with van der Waals surface area (Å²) < 4.78 is 7.52. The van der Waals surface area contributed by atoms with Crippen molar-refractivity contribution in [3.05, 3.63) is 36.2 Å². The average molecular weight is 328 g/mol. The molecule has 24 heavy (non-hydrogen) atoms. The summed E-state index contributed by atoms with van der Waals surface area (Å²) in [4.78, 5) is 22.1. The molecule has 2 aliphatic rings. The first-order valence-corrected chi connectivity index (χ1v) is 8.26. The fourth-order valence-electron chi connectivity index (χ4n) is 3.10. The molecule has 1 N–H and O–H groups in total. The molecular formula is C17H20N4O3. The van der Waals surface area contributed by atoms with E-state index in [0.717, 1.165) is 30.2 Å². The third kappa shape index (κ3) is 2.87. The lowest BCUT2D eigenvalue weighted by molar-refractivity contribution is 0.0531. The lowest BCUT2D eigenvalue weighted by atomic mass is 10.2. The molecule has 7 nitrogen and oxygen atoms in total. The number of carboxylic acid groups (broad SMARTS) is 1. The lowest BCUT2D eigenvalue weighted by Gasteiger charge is -2.33. The van der Waals surface area contributed by atoms with Crippen molar-refractivity contribution >= 4 is 11.7 Å². The lowest BCUT2D eigenvalue weighted by Crippen LogP contribution is -2.41. The molecular weight excluding hydrogens is 308 g/mol. The molecule has 1 aliphatic carbocycles. The minimum absolute atomic E-state index is 0.0386. The van der Waals surface area contributed by atoms with Crippen LogP contribution in [0.4, 0.5) is 5.69 Å². The monoisotopic (exact) mass is 328 g/mol. The minimum atomic E-state index is -1.03. The number of morpholine rings is 1. The van der Waals surface area contributed by atoms with Crippen molar-refractivity contribution < 1.29 is 14.6 Å². The Hall–Kier alpha value is -2.41. The second-order valence-corrected chi connectivity index (χ2v) is 6.47. The highest BCUT2D eigenvalue weighted by molar-refractivity contribution is 5.87. The molecule has 126 valence electrons. The van der Waals surface area contributed by atoms with Crippen molar-refractivity contribution in [1.29, 1.82) is 0 Å². The minimum Gasteiger partial charge on any atom is -0.477 e. The van der Waals surface area contributed by atoms with E-state index in [-0.39, 0.29) is 11.8 Å². The van der Waals surface area contributed by atoms with E-state index < -0.39 is 5.97 Å². The maximum atomic E-state index is 11.3. The van der Waals surface area contributed by atoms with Gasteiger partial charge in [-0.2, -0.15) is 0 Å². The molecule has 2 aromatic heterocycles. The van der Waals surface area contributed by atoms with Crippen molar-refractivity contribution in [2.45, 2.75) is 31.8 Å². The van der Waals surface area contributed by atoms with Crippen molar-refractivity contribution in [1.82, 2.24) is 14.5 Å². The molecule has 0 radical (unpaired) electrons. The molecule has 4 rings (SSSR count). The number of ether oxygens (including phenoxy) is 1. The van der Waals surface area contributed by atoms with E-state index in [0.29, 0.717) is 12.5 Å². The zero-order valence-corrected chi connectivity index (χ0v) is 13.6. The van der Waals surface area contributed by atoms with Crippen LogP contribution in [0.2, 0.25) is 0 Å². The Balaban J connectivity index is 1.75. The highest BCUT2D eigenvalue weighted by Gasteiger charge is 2.27. The number of imidazole rings is 1. The van der Waals surface area contributed by atoms with Crippen LogP contribution in [0.25, 0.3) is 5.69 Å². The smallest absolute Gasteiger partial charge is 0.354 e. The van der Waals surface area contributed by atoms with Crippen LogP contribution in [0.3, 0.4) is 0 Å². The number of carbonyl (C=O) groups is 1. The molecule has 2 aromatic rings. The predicted octanol–water partition coefficient (Wildman–Crippen LogP) is 2.07. The van der Waals surface area contributed by atoms with Gasteiger partial charge in [0.05, 0.1) is 42.3 Å². The molecule has 0 aromatic carbocycles. The number of aromatic carboxylic acids is 1. The molecule has 1 unspecified atom stereocenters. The summed E-state index contributed by atoms with van der Waals surface area (Å²) in [6, 6.07) is 1.62. The summed E-state index contributed by atoms with van der Waals surface area (Å²) in [6.07, 6.45) is 7.92. The molecule has 1 aliphatic heterocycles. The van der Waals surface area contributed by atoms with Gasteiger partial charge in [0.25, 0.3) is 0 Å². The quantitative estimate of drug-likeness (QED) is 0.925. The summed E-state index contributed by atoms with van der Waals surface area (Å²) in [5.74, 6) is -0.473. The largest absolute Gasteiger partial charge is 0.477 e. The van der Waals surface area contributed by atoms with Gasteiger partial charge in [-0.15, -0.1) is 0 Å². The first kappa shape index (κ1) is 15.1. The fraction of sp³-hybridized carbons (Fsp3) is 0.471. The van der Waals surface area contributed by atoms with E-state index in [1.54, 1.807) is 18.6 Å². The summed E-state index contributed by atoms with van der Waals surface area (Å²) in [7, 11) is 0. The van der Waals surface area contributed by atoms with E-state index in [2.05, 4.69) is 14.9 Å². The molecule has 0 amide bonds. The SMILES string of the molecule is CC1CN(c2cnc(C(=O)O)cc2-n2cnc(C3CC3)c2)CCO1. The fourth-order valence-corrected chi connectivity index (χ4v) is 3.10. The Kier molecular flexibility index (Phi) is 3.72. The van der Waals surface area contributed by atoms with Gasteiger partial charge in [0, 0.05) is 25.2 Å². The van der Waals surface area contributed by atoms with Crippen LogP contribution in [0.1, 0.15) is 41.9 Å². The Labute approximate surface area is 139 Å². The number of nitrogens with zero attached hydrogens (tertiary/aromatic N) is 4. The normalized spacial score (nSPS) is 21.0. The van der Waals surface area contributed by atoms with E-state index in [1.807, 2.05) is 17.7 Å². The number of anilines is 1. The number of carboxylic acids is 1. The topological polar surface area (TPSA) is 80.5 Å². The van der Waals surface area contributed by atoms with Crippen molar-refractivity contribution in [2.24, 2.45) is 0 Å². The van der Waals surface area contributed by atoms with E-state index in [1.165, 1.54) is 12.8 Å². The highest BCUT2D eigenvalue weighted by atomic mass is 16.5. The summed E-state index contributed by atoms with van der Waals surface area (Å²) >= 11 is 0. The van der Waals surface area contributed by atoms with Gasteiger partial charge in [-0.05, 0) is 25.8 Å². The van der Waals surface area contributed by atoms with Crippen molar-refractivity contribution in [3.63, 3.8) is 0 Å². The van der Waals surface area contributed by atoms with Gasteiger partial charge in [-0.3, -0.25) is 0 Å². The first-order chi connectivity index (χ1) is 11.6. The summed E-state index contributed by atoms with van der Waals surface area (Å²) in [6.45, 7) is 4.20. The van der Waals surface area contributed by atoms with Gasteiger partial charge >= 0.3 is 5.97 Å². The van der Waals surface area contributed by atoms with Crippen LogP contribution in [-0.4, -0.2) is 51.4 Å². The predicted molar refractivity (Wildman–Crippen MR) is 87.9 cm³/mol. The van der Waals surface area contributed by atoms with E-state index in [9.17, 15) is 9.90 Å². The maximum Gasteiger partial charge on any atom is 0.354 e. The molecule has 0 spiro atoms. The first-order valence-electron chi connectivity index (χ1n) is 8.26. The number of hydrogen-bond donors (Lipinski definition) is 1. The van der Waals surface area contributed by atoms with Crippen LogP contribution in [0.5, 0.6) is 0 Å². The molecule has 1 saturated heterocycles. The Bertz CT molecular complexity index is 769. The van der Waals surface area contributed by atoms with Crippen LogP contribution < -0.4 is 4.90 Å². The molecule has 7 heteroatoms. The van der Waals surface area contributed by atoms with Crippen LogP contribution in [0, 0.1) is 0 Å². The average Bonchev–Trinajstić information content (AvgIpc) is 3.31. The molecule has 1 saturated carbocycles. The number of rotatable bonds is 4. The van der Waals surface area contributed by atoms with Crippen LogP contribution >= 0.6 is 0 Å². The Morgan fingerprint density at radius 2 is 2.17 bits per heavy atom. The van der Waals surface area contributed by atoms with Gasteiger partial charge in [0.1, 0.15) is 5.69 Å². The second-order valence-electron chi connectivity index (χ2n) is 6.47. The maximum absolute atomic E-state index is 11.3. The van der Waals surface area contributed by atoms with Gasteiger partial charge < -0.3 is 19.3 Å². The van der Waals surface area contributed by atoms with Gasteiger partial charge in [-0.1, -0.05) is 0 Å². The third-order valence-electron chi connectivity index (χ3n) is 4.54. The second kappa shape index (κ2) is 5.90. The Morgan fingerprint density at radius 1 is 1.33 bits per heavy atom. The Morgan fingerprint density at radius 3 is 2.88 bits per heavy atom. The van der Waals surface area contributed by atoms with Gasteiger partial charge in [0.2, 0.25) is 0 Å². The number of pyridine rings is 1. The van der Waals surface area contributed by atoms with E-state index >= 15 is 0 Å². The molecule has 2 fully saturated rings. The van der Waals surface area contributed by atoms with Crippen molar-refractivity contribution in [3.8, 4) is 5.69 Å². The van der Waals surface area contributed by atoms with E-state index in [4.69, 9.17) is 4.74 Å². The summed E-state index contributed by atoms with van der Waals surface area (Å²) in [5, 5.41) is 9.28. The van der Waals surface area contributed by atoms with Crippen LogP contribution in [-0.2, 0) is 4.74 Å². The number of hydrogen-bond acceptors (Lipinski definition) is 5. The molecule has 0 bridgehead atoms. The third-order valence-corrected chi connectivity index (χ3v) is 4.54. The van der Waals surface area contributed by atoms with Crippen LogP contribution in [0.15, 0.2) is 24.8 Å².